The van der Waals surface area contributed by atoms with Gasteiger partial charge in [0.15, 0.2) is 19.0 Å². The fourth-order valence-electron chi connectivity index (χ4n) is 2.13. The van der Waals surface area contributed by atoms with E-state index in [0.29, 0.717) is 22.6 Å². The summed E-state index contributed by atoms with van der Waals surface area (Å²) in [7, 11) is 0. The molecule has 0 saturated heterocycles. The molecule has 2 aromatic carbocycles. The summed E-state index contributed by atoms with van der Waals surface area (Å²) in [4.78, 5) is 35.2. The van der Waals surface area contributed by atoms with Crippen molar-refractivity contribution in [2.24, 2.45) is 0 Å². The van der Waals surface area contributed by atoms with Crippen molar-refractivity contribution in [2.75, 3.05) is 18.5 Å². The highest BCUT2D eigenvalue weighted by Gasteiger charge is 2.18. The molecule has 2 aromatic rings. The molecule has 6 nitrogen and oxygen atoms in total. The second kappa shape index (κ2) is 6.31. The number of nitrogens with one attached hydrogen (secondary N) is 1. The monoisotopic (exact) mass is 311 g/mol. The van der Waals surface area contributed by atoms with E-state index < -0.39 is 5.97 Å². The average Bonchev–Trinajstić information content (AvgIpc) is 2.59. The number of benzene rings is 2. The van der Waals surface area contributed by atoms with Gasteiger partial charge in [-0.2, -0.15) is 0 Å². The lowest BCUT2D eigenvalue weighted by atomic mass is 10.1. The Kier molecular flexibility index (Phi) is 4.05. The highest BCUT2D eigenvalue weighted by molar-refractivity contribution is 6.02. The minimum atomic E-state index is -0.562. The zero-order valence-electron chi connectivity index (χ0n) is 12.1. The maximum absolute atomic E-state index is 12.1. The summed E-state index contributed by atoms with van der Waals surface area (Å²) in [5, 5.41) is 2.62. The van der Waals surface area contributed by atoms with Crippen LogP contribution in [0.1, 0.15) is 20.7 Å². The second-order valence-corrected chi connectivity index (χ2v) is 4.91. The van der Waals surface area contributed by atoms with E-state index in [-0.39, 0.29) is 24.9 Å². The van der Waals surface area contributed by atoms with Gasteiger partial charge in [-0.3, -0.25) is 9.59 Å². The molecule has 0 aliphatic carbocycles. The Morgan fingerprint density at radius 3 is 2.65 bits per heavy atom. The lowest BCUT2D eigenvalue weighted by Gasteiger charge is -2.18. The molecule has 0 radical (unpaired) electrons. The van der Waals surface area contributed by atoms with E-state index in [0.717, 1.165) is 0 Å². The minimum absolute atomic E-state index is 0.0466. The number of ether oxygens (including phenoxy) is 2. The molecular formula is C17H13NO5. The van der Waals surface area contributed by atoms with E-state index in [1.54, 1.807) is 42.5 Å². The summed E-state index contributed by atoms with van der Waals surface area (Å²) in [6.45, 7) is -0.420. The molecule has 1 heterocycles. The minimum Gasteiger partial charge on any atom is -0.482 e. The van der Waals surface area contributed by atoms with Gasteiger partial charge in [0.25, 0.3) is 5.91 Å². The molecule has 6 heteroatoms. The maximum atomic E-state index is 12.1. The van der Waals surface area contributed by atoms with E-state index in [1.165, 1.54) is 6.07 Å². The van der Waals surface area contributed by atoms with Crippen molar-refractivity contribution in [2.45, 2.75) is 0 Å². The van der Waals surface area contributed by atoms with Gasteiger partial charge in [0.1, 0.15) is 5.75 Å². The standard InChI is InChI=1S/C17H13NO5/c19-14(9-23-17(21)11-4-2-1-3-5-11)12-6-7-15-13(8-12)18-16(20)10-22-15/h1-8H,9-10H2,(H,18,20). The number of ketones is 1. The van der Waals surface area contributed by atoms with Crippen LogP contribution in [0.25, 0.3) is 0 Å². The number of carbonyl (C=O) groups is 3. The van der Waals surface area contributed by atoms with Gasteiger partial charge < -0.3 is 14.8 Å². The third-order valence-corrected chi connectivity index (χ3v) is 3.28. The van der Waals surface area contributed by atoms with Crippen LogP contribution in [0.3, 0.4) is 0 Å². The molecule has 3 rings (SSSR count). The number of Topliss-reactive ketones (excluding diaryl/α,β-unsaturated/α-hetero) is 1. The number of esters is 1. The molecule has 1 aliphatic rings. The van der Waals surface area contributed by atoms with Crippen molar-refractivity contribution in [1.82, 2.24) is 0 Å². The van der Waals surface area contributed by atoms with Gasteiger partial charge in [0, 0.05) is 5.56 Å². The first-order chi connectivity index (χ1) is 11.1. The van der Waals surface area contributed by atoms with Gasteiger partial charge in [-0.1, -0.05) is 18.2 Å². The van der Waals surface area contributed by atoms with Crippen molar-refractivity contribution < 1.29 is 23.9 Å². The SMILES string of the molecule is O=C1COc2ccc(C(=O)COC(=O)c3ccccc3)cc2N1. The predicted octanol–water partition coefficient (Wildman–Crippen LogP) is 2.06. The summed E-state index contributed by atoms with van der Waals surface area (Å²) in [5.41, 5.74) is 1.14. The van der Waals surface area contributed by atoms with Gasteiger partial charge >= 0.3 is 5.97 Å². The molecular weight excluding hydrogens is 298 g/mol. The fourth-order valence-corrected chi connectivity index (χ4v) is 2.13. The maximum Gasteiger partial charge on any atom is 0.338 e. The van der Waals surface area contributed by atoms with Crippen LogP contribution in [-0.4, -0.2) is 30.9 Å². The van der Waals surface area contributed by atoms with Crippen molar-refractivity contribution in [1.29, 1.82) is 0 Å². The number of hydrogen-bond acceptors (Lipinski definition) is 5. The molecule has 1 aliphatic heterocycles. The molecule has 0 saturated carbocycles. The number of fused-ring (bicyclic) bond motifs is 1. The average molecular weight is 311 g/mol. The van der Waals surface area contributed by atoms with E-state index in [2.05, 4.69) is 5.32 Å². The Balaban J connectivity index is 1.66. The van der Waals surface area contributed by atoms with Gasteiger partial charge in [-0.25, -0.2) is 4.79 Å². The molecule has 0 atom stereocenters. The highest BCUT2D eigenvalue weighted by Crippen LogP contribution is 2.28. The molecule has 23 heavy (non-hydrogen) atoms. The molecule has 0 unspecified atom stereocenters. The summed E-state index contributed by atoms with van der Waals surface area (Å²) in [6.07, 6.45) is 0. The molecule has 0 bridgehead atoms. The first kappa shape index (κ1) is 14.8. The van der Waals surface area contributed by atoms with Crippen LogP contribution < -0.4 is 10.1 Å². The zero-order chi connectivity index (χ0) is 16.2. The quantitative estimate of drug-likeness (QED) is 0.690. The van der Waals surface area contributed by atoms with Crippen LogP contribution in [0.15, 0.2) is 48.5 Å². The second-order valence-electron chi connectivity index (χ2n) is 4.91. The number of hydrogen-bond donors (Lipinski definition) is 1. The topological polar surface area (TPSA) is 81.7 Å². The normalized spacial score (nSPS) is 12.6. The van der Waals surface area contributed by atoms with Gasteiger partial charge in [-0.15, -0.1) is 0 Å². The Hall–Kier alpha value is -3.15. The Morgan fingerprint density at radius 1 is 1.09 bits per heavy atom. The van der Waals surface area contributed by atoms with E-state index in [9.17, 15) is 14.4 Å². The summed E-state index contributed by atoms with van der Waals surface area (Å²) in [6, 6.07) is 13.1. The first-order valence-corrected chi connectivity index (χ1v) is 6.95. The zero-order valence-corrected chi connectivity index (χ0v) is 12.1. The summed E-state index contributed by atoms with van der Waals surface area (Å²) in [5.74, 6) is -0.703. The number of carbonyl (C=O) groups excluding carboxylic acids is 3. The molecule has 0 spiro atoms. The van der Waals surface area contributed by atoms with Crippen LogP contribution >= 0.6 is 0 Å². The predicted molar refractivity (Wildman–Crippen MR) is 81.6 cm³/mol. The van der Waals surface area contributed by atoms with Crippen molar-refractivity contribution in [3.05, 3.63) is 59.7 Å². The van der Waals surface area contributed by atoms with Crippen molar-refractivity contribution >= 4 is 23.3 Å². The molecule has 0 aromatic heterocycles. The Morgan fingerprint density at radius 2 is 1.87 bits per heavy atom. The van der Waals surface area contributed by atoms with Crippen LogP contribution in [0.2, 0.25) is 0 Å². The smallest absolute Gasteiger partial charge is 0.338 e. The van der Waals surface area contributed by atoms with Crippen molar-refractivity contribution in [3.63, 3.8) is 0 Å². The summed E-state index contributed by atoms with van der Waals surface area (Å²) < 4.78 is 10.2. The fraction of sp³-hybridized carbons (Fsp3) is 0.118. The van der Waals surface area contributed by atoms with E-state index in [4.69, 9.17) is 9.47 Å². The summed E-state index contributed by atoms with van der Waals surface area (Å²) >= 11 is 0. The first-order valence-electron chi connectivity index (χ1n) is 6.95. The molecule has 1 amide bonds. The number of amides is 1. The molecule has 0 fully saturated rings. The lowest BCUT2D eigenvalue weighted by Crippen LogP contribution is -2.25. The lowest BCUT2D eigenvalue weighted by molar-refractivity contribution is -0.118. The van der Waals surface area contributed by atoms with E-state index >= 15 is 0 Å². The van der Waals surface area contributed by atoms with Crippen LogP contribution in [0, 0.1) is 0 Å². The highest BCUT2D eigenvalue weighted by atomic mass is 16.5. The van der Waals surface area contributed by atoms with Crippen LogP contribution in [-0.2, 0) is 9.53 Å². The Bertz CT molecular complexity index is 770. The van der Waals surface area contributed by atoms with Crippen LogP contribution in [0.5, 0.6) is 5.75 Å². The van der Waals surface area contributed by atoms with Gasteiger partial charge in [0.2, 0.25) is 0 Å². The third-order valence-electron chi connectivity index (χ3n) is 3.28. The van der Waals surface area contributed by atoms with Gasteiger partial charge in [-0.05, 0) is 30.3 Å². The third kappa shape index (κ3) is 3.37. The molecule has 1 N–H and O–H groups in total. The van der Waals surface area contributed by atoms with Crippen molar-refractivity contribution in [3.8, 4) is 5.75 Å². The number of rotatable bonds is 4. The molecule has 116 valence electrons. The number of anilines is 1. The van der Waals surface area contributed by atoms with Gasteiger partial charge in [0.05, 0.1) is 11.3 Å². The Labute approximate surface area is 132 Å². The van der Waals surface area contributed by atoms with Crippen LogP contribution in [0.4, 0.5) is 5.69 Å². The largest absolute Gasteiger partial charge is 0.482 e. The van der Waals surface area contributed by atoms with E-state index in [1.807, 2.05) is 0 Å².